The number of nitrogens with two attached hydrogens (primary N) is 2. The molecule has 0 aliphatic carbocycles. The summed E-state index contributed by atoms with van der Waals surface area (Å²) in [7, 11) is 0. The summed E-state index contributed by atoms with van der Waals surface area (Å²) in [6.07, 6.45) is 7.00. The Hall–Kier alpha value is -3.37. The molecule has 3 aliphatic heterocycles. The topological polar surface area (TPSA) is 168 Å². The fourth-order valence-corrected chi connectivity index (χ4v) is 3.89. The van der Waals surface area contributed by atoms with Crippen molar-refractivity contribution in [3.05, 3.63) is 24.0 Å². The summed E-state index contributed by atoms with van der Waals surface area (Å²) in [5, 5.41) is 5.26. The van der Waals surface area contributed by atoms with Crippen molar-refractivity contribution in [2.75, 3.05) is 13.1 Å². The maximum Gasteiger partial charge on any atom is 0.247 e. The maximum absolute atomic E-state index is 13.2. The first-order valence-corrected chi connectivity index (χ1v) is 9.88. The zero-order valence-electron chi connectivity index (χ0n) is 16.5. The molecule has 6 N–H and O–H groups in total. The Kier molecular flexibility index (Phi) is 6.38. The van der Waals surface area contributed by atoms with Crippen LogP contribution < -0.4 is 22.1 Å². The number of hydrogen-bond donors (Lipinski definition) is 4. The van der Waals surface area contributed by atoms with Crippen LogP contribution in [0.15, 0.2) is 24.0 Å². The molecule has 30 heavy (non-hydrogen) atoms. The van der Waals surface area contributed by atoms with E-state index in [4.69, 9.17) is 11.5 Å². The van der Waals surface area contributed by atoms with Crippen LogP contribution >= 0.6 is 0 Å². The lowest BCUT2D eigenvalue weighted by atomic mass is 10.1. The van der Waals surface area contributed by atoms with E-state index in [0.29, 0.717) is 37.8 Å². The summed E-state index contributed by atoms with van der Waals surface area (Å²) in [6, 6.07) is -2.45. The Labute approximate surface area is 173 Å². The van der Waals surface area contributed by atoms with Gasteiger partial charge in [0.05, 0.1) is 6.54 Å². The highest BCUT2D eigenvalue weighted by Crippen LogP contribution is 2.20. The van der Waals surface area contributed by atoms with E-state index in [1.54, 1.807) is 17.2 Å². The standard InChI is InChI=1S/C19H26N6O5/c20-16(27)11-3-1-7-24(9-11)10-13(23-18(29)12-5-6-15(26)22-12)19(30)25-8-2-4-14(25)17(21)28/h1,7,9,12-14H,2-6,8,10H2,(H2,20,27)(H2,21,28)(H,22,26)(H,23,29)/t12-,13-,14-/m0/s1. The zero-order chi connectivity index (χ0) is 21.8. The highest BCUT2D eigenvalue weighted by molar-refractivity contribution is 5.96. The molecule has 3 aliphatic rings. The molecule has 0 aromatic rings. The number of nitrogens with one attached hydrogen (secondary N) is 2. The lowest BCUT2D eigenvalue weighted by molar-refractivity contribution is -0.141. The summed E-state index contributed by atoms with van der Waals surface area (Å²) in [6.45, 7) is 0.387. The van der Waals surface area contributed by atoms with Crippen molar-refractivity contribution in [1.82, 2.24) is 20.4 Å². The van der Waals surface area contributed by atoms with E-state index in [-0.39, 0.29) is 18.9 Å². The maximum atomic E-state index is 13.2. The normalized spacial score (nSPS) is 24.3. The lowest BCUT2D eigenvalue weighted by Crippen LogP contribution is -2.57. The largest absolute Gasteiger partial charge is 0.368 e. The quantitative estimate of drug-likeness (QED) is 0.366. The van der Waals surface area contributed by atoms with Crippen LogP contribution in [0.3, 0.4) is 0 Å². The Balaban J connectivity index is 1.78. The minimum absolute atomic E-state index is 0.0283. The van der Waals surface area contributed by atoms with Crippen LogP contribution in [0.1, 0.15) is 32.1 Å². The third kappa shape index (κ3) is 4.78. The second-order valence-corrected chi connectivity index (χ2v) is 7.62. The predicted molar refractivity (Wildman–Crippen MR) is 105 cm³/mol. The van der Waals surface area contributed by atoms with Gasteiger partial charge in [-0.1, -0.05) is 6.08 Å². The number of carbonyl (C=O) groups excluding carboxylic acids is 5. The monoisotopic (exact) mass is 418 g/mol. The summed E-state index contributed by atoms with van der Waals surface area (Å²) < 4.78 is 0. The van der Waals surface area contributed by atoms with Crippen LogP contribution in [0.25, 0.3) is 0 Å². The number of primary amides is 2. The number of likely N-dealkylation sites (tertiary alicyclic amines) is 1. The minimum atomic E-state index is -1.01. The fraction of sp³-hybridized carbons (Fsp3) is 0.526. The van der Waals surface area contributed by atoms with Gasteiger partial charge in [-0.15, -0.1) is 0 Å². The molecule has 0 aromatic heterocycles. The molecule has 3 rings (SSSR count). The second-order valence-electron chi connectivity index (χ2n) is 7.62. The van der Waals surface area contributed by atoms with Crippen LogP contribution in [0.4, 0.5) is 0 Å². The molecule has 3 atom stereocenters. The van der Waals surface area contributed by atoms with Crippen LogP contribution in [0.2, 0.25) is 0 Å². The molecular weight excluding hydrogens is 392 g/mol. The van der Waals surface area contributed by atoms with Crippen molar-refractivity contribution in [2.45, 2.75) is 50.2 Å². The van der Waals surface area contributed by atoms with Crippen LogP contribution in [0, 0.1) is 0 Å². The van der Waals surface area contributed by atoms with Gasteiger partial charge in [-0.25, -0.2) is 0 Å². The van der Waals surface area contributed by atoms with Gasteiger partial charge in [-0.3, -0.25) is 24.0 Å². The van der Waals surface area contributed by atoms with Gasteiger partial charge in [0.1, 0.15) is 18.1 Å². The molecular formula is C19H26N6O5. The van der Waals surface area contributed by atoms with E-state index in [1.165, 1.54) is 11.1 Å². The average Bonchev–Trinajstić information content (AvgIpc) is 3.36. The number of amides is 5. The van der Waals surface area contributed by atoms with Gasteiger partial charge in [0.2, 0.25) is 29.5 Å². The molecule has 0 aromatic carbocycles. The first kappa shape index (κ1) is 21.3. The van der Waals surface area contributed by atoms with Gasteiger partial charge >= 0.3 is 0 Å². The molecule has 0 spiro atoms. The number of carbonyl (C=O) groups is 5. The number of rotatable bonds is 7. The molecule has 162 valence electrons. The van der Waals surface area contributed by atoms with Crippen molar-refractivity contribution in [3.8, 4) is 0 Å². The van der Waals surface area contributed by atoms with Crippen molar-refractivity contribution < 1.29 is 24.0 Å². The zero-order valence-corrected chi connectivity index (χ0v) is 16.5. The van der Waals surface area contributed by atoms with E-state index >= 15 is 0 Å². The first-order valence-electron chi connectivity index (χ1n) is 9.88. The summed E-state index contributed by atoms with van der Waals surface area (Å²) in [5.41, 5.74) is 11.1. The highest BCUT2D eigenvalue weighted by Gasteiger charge is 2.38. The van der Waals surface area contributed by atoms with E-state index in [2.05, 4.69) is 10.6 Å². The molecule has 0 saturated carbocycles. The molecule has 11 nitrogen and oxygen atoms in total. The smallest absolute Gasteiger partial charge is 0.247 e. The van der Waals surface area contributed by atoms with E-state index in [9.17, 15) is 24.0 Å². The van der Waals surface area contributed by atoms with Crippen molar-refractivity contribution in [2.24, 2.45) is 11.5 Å². The van der Waals surface area contributed by atoms with E-state index in [0.717, 1.165) is 0 Å². The number of nitrogens with zero attached hydrogens (tertiary/aromatic N) is 2. The molecule has 3 heterocycles. The predicted octanol–water partition coefficient (Wildman–Crippen LogP) is -2.19. The van der Waals surface area contributed by atoms with Crippen LogP contribution in [-0.2, 0) is 24.0 Å². The SMILES string of the molecule is NC(=O)C1=CN(C[C@H](NC(=O)[C@@H]2CCC(=O)N2)C(=O)N2CCC[C@H]2C(N)=O)C=CC1. The summed E-state index contributed by atoms with van der Waals surface area (Å²) in [5.74, 6) is -2.31. The molecule has 5 amide bonds. The van der Waals surface area contributed by atoms with Crippen molar-refractivity contribution in [3.63, 3.8) is 0 Å². The first-order chi connectivity index (χ1) is 14.3. The third-order valence-corrected chi connectivity index (χ3v) is 5.46. The number of hydrogen-bond acceptors (Lipinski definition) is 6. The van der Waals surface area contributed by atoms with Gasteiger partial charge in [-0.2, -0.15) is 0 Å². The van der Waals surface area contributed by atoms with E-state index in [1.807, 2.05) is 0 Å². The molecule has 0 bridgehead atoms. The van der Waals surface area contributed by atoms with Gasteiger partial charge < -0.3 is 31.9 Å². The average molecular weight is 418 g/mol. The Bertz CT molecular complexity index is 822. The molecule has 0 unspecified atom stereocenters. The lowest BCUT2D eigenvalue weighted by Gasteiger charge is -2.31. The van der Waals surface area contributed by atoms with Crippen LogP contribution in [-0.4, -0.2) is 70.6 Å². The van der Waals surface area contributed by atoms with Crippen molar-refractivity contribution >= 4 is 29.5 Å². The Morgan fingerprint density at radius 3 is 2.63 bits per heavy atom. The Morgan fingerprint density at radius 2 is 2.00 bits per heavy atom. The van der Waals surface area contributed by atoms with Gasteiger partial charge in [-0.05, 0) is 31.9 Å². The third-order valence-electron chi connectivity index (χ3n) is 5.46. The molecule has 11 heteroatoms. The van der Waals surface area contributed by atoms with Crippen molar-refractivity contribution in [1.29, 1.82) is 0 Å². The molecule has 2 saturated heterocycles. The second kappa shape index (κ2) is 8.97. The summed E-state index contributed by atoms with van der Waals surface area (Å²) >= 11 is 0. The van der Waals surface area contributed by atoms with Gasteiger partial charge in [0.15, 0.2) is 0 Å². The number of allylic oxidation sites excluding steroid dienone is 1. The molecule has 0 radical (unpaired) electrons. The van der Waals surface area contributed by atoms with Crippen LogP contribution in [0.5, 0.6) is 0 Å². The highest BCUT2D eigenvalue weighted by atomic mass is 16.2. The fourth-order valence-electron chi connectivity index (χ4n) is 3.89. The van der Waals surface area contributed by atoms with Gasteiger partial charge in [0, 0.05) is 24.7 Å². The summed E-state index contributed by atoms with van der Waals surface area (Å²) in [4.78, 5) is 63.5. The minimum Gasteiger partial charge on any atom is -0.368 e. The van der Waals surface area contributed by atoms with E-state index < -0.39 is 41.8 Å². The molecule has 2 fully saturated rings. The van der Waals surface area contributed by atoms with Gasteiger partial charge in [0.25, 0.3) is 0 Å². The Morgan fingerprint density at radius 1 is 1.23 bits per heavy atom.